The number of aliphatic imine (C=N–C) groups is 1. The van der Waals surface area contributed by atoms with Gasteiger partial charge in [-0.1, -0.05) is 25.8 Å². The summed E-state index contributed by atoms with van der Waals surface area (Å²) in [4.78, 5) is 8.61. The van der Waals surface area contributed by atoms with Crippen molar-refractivity contribution in [1.29, 1.82) is 0 Å². The number of guanidine groups is 1. The van der Waals surface area contributed by atoms with Crippen molar-refractivity contribution in [3.8, 4) is 0 Å². The van der Waals surface area contributed by atoms with Crippen molar-refractivity contribution in [2.24, 2.45) is 10.4 Å². The van der Waals surface area contributed by atoms with Gasteiger partial charge in [0.25, 0.3) is 0 Å². The maximum absolute atomic E-state index is 4.35. The number of nitrogens with one attached hydrogen (secondary N) is 3. The molecule has 5 nitrogen and oxygen atoms in total. The van der Waals surface area contributed by atoms with Gasteiger partial charge in [-0.25, -0.2) is 4.98 Å². The number of nitrogens with zero attached hydrogens (tertiary/aromatic N) is 2. The Morgan fingerprint density at radius 3 is 2.56 bits per heavy atom. The average Bonchev–Trinajstić information content (AvgIpc) is 3.11. The van der Waals surface area contributed by atoms with Crippen LogP contribution in [0.5, 0.6) is 0 Å². The molecule has 3 N–H and O–H groups in total. The van der Waals surface area contributed by atoms with Crippen molar-refractivity contribution in [3.05, 3.63) is 24.4 Å². The van der Waals surface area contributed by atoms with E-state index in [1.807, 2.05) is 31.4 Å². The first kappa shape index (κ1) is 22.0. The quantitative estimate of drug-likeness (QED) is 0.226. The molecule has 2 rings (SSSR count). The lowest BCUT2D eigenvalue weighted by molar-refractivity contribution is 0.283. The van der Waals surface area contributed by atoms with Gasteiger partial charge in [0, 0.05) is 32.9 Å². The number of hydrogen-bond donors (Lipinski definition) is 3. The zero-order chi connectivity index (χ0) is 17.1. The zero-order valence-corrected chi connectivity index (χ0v) is 18.0. The third-order valence-electron chi connectivity index (χ3n) is 5.14. The van der Waals surface area contributed by atoms with Gasteiger partial charge in [0.15, 0.2) is 5.96 Å². The van der Waals surface area contributed by atoms with Gasteiger partial charge in [0.1, 0.15) is 5.82 Å². The summed E-state index contributed by atoms with van der Waals surface area (Å²) in [7, 11) is 1.85. The molecule has 0 saturated heterocycles. The zero-order valence-electron chi connectivity index (χ0n) is 15.7. The minimum absolute atomic E-state index is 0. The summed E-state index contributed by atoms with van der Waals surface area (Å²) in [6, 6.07) is 5.93. The van der Waals surface area contributed by atoms with Gasteiger partial charge in [-0.3, -0.25) is 4.99 Å². The van der Waals surface area contributed by atoms with E-state index in [9.17, 15) is 0 Å². The Kier molecular flexibility index (Phi) is 10.8. The fourth-order valence-corrected chi connectivity index (χ4v) is 3.41. The van der Waals surface area contributed by atoms with Crippen molar-refractivity contribution in [3.63, 3.8) is 0 Å². The monoisotopic (exact) mass is 459 g/mol. The van der Waals surface area contributed by atoms with Crippen LogP contribution < -0.4 is 16.0 Å². The fourth-order valence-electron chi connectivity index (χ4n) is 3.41. The molecule has 1 aromatic heterocycles. The van der Waals surface area contributed by atoms with Crippen LogP contribution in [0.15, 0.2) is 29.4 Å². The van der Waals surface area contributed by atoms with Gasteiger partial charge in [-0.05, 0) is 49.7 Å². The van der Waals surface area contributed by atoms with Crippen LogP contribution in [0.2, 0.25) is 0 Å². The predicted molar refractivity (Wildman–Crippen MR) is 118 cm³/mol. The normalized spacial score (nSPS) is 16.2. The Morgan fingerprint density at radius 2 is 1.92 bits per heavy atom. The minimum Gasteiger partial charge on any atom is -0.370 e. The Morgan fingerprint density at radius 1 is 1.16 bits per heavy atom. The number of unbranched alkanes of at least 4 members (excludes halogenated alkanes) is 1. The predicted octanol–water partition coefficient (Wildman–Crippen LogP) is 4.03. The summed E-state index contributed by atoms with van der Waals surface area (Å²) >= 11 is 0. The minimum atomic E-state index is 0. The first-order chi connectivity index (χ1) is 11.8. The van der Waals surface area contributed by atoms with Crippen LogP contribution in [0, 0.1) is 5.41 Å². The molecule has 142 valence electrons. The molecule has 0 unspecified atom stereocenters. The number of rotatable bonds is 9. The van der Waals surface area contributed by atoms with Crippen LogP contribution in [-0.2, 0) is 0 Å². The van der Waals surface area contributed by atoms with E-state index in [0.717, 1.165) is 44.3 Å². The Balaban J connectivity index is 0.00000312. The van der Waals surface area contributed by atoms with Gasteiger partial charge in [0.2, 0.25) is 0 Å². The van der Waals surface area contributed by atoms with E-state index in [-0.39, 0.29) is 24.0 Å². The summed E-state index contributed by atoms with van der Waals surface area (Å²) in [5.74, 6) is 1.89. The van der Waals surface area contributed by atoms with Crippen LogP contribution in [-0.4, -0.2) is 37.6 Å². The van der Waals surface area contributed by atoms with Crippen molar-refractivity contribution in [2.75, 3.05) is 32.0 Å². The highest BCUT2D eigenvalue weighted by atomic mass is 127. The molecule has 1 saturated carbocycles. The first-order valence-electron chi connectivity index (χ1n) is 9.37. The summed E-state index contributed by atoms with van der Waals surface area (Å²) in [5.41, 5.74) is 0.490. The standard InChI is InChI=1S/C19H33N5.HI/c1-3-19(11-5-6-12-19)16-24-18(20-2)23-15-9-8-14-22-17-10-4-7-13-21-17;/h4,7,10,13H,3,5-6,8-9,11-12,14-16H2,1-2H3,(H,21,22)(H2,20,23,24);1H. The van der Waals surface area contributed by atoms with Crippen molar-refractivity contribution in [1.82, 2.24) is 15.6 Å². The molecule has 0 spiro atoms. The van der Waals surface area contributed by atoms with Crippen molar-refractivity contribution >= 4 is 35.8 Å². The summed E-state index contributed by atoms with van der Waals surface area (Å²) in [6.45, 7) is 5.26. The topological polar surface area (TPSA) is 61.3 Å². The van der Waals surface area contributed by atoms with Crippen LogP contribution in [0.1, 0.15) is 51.9 Å². The second kappa shape index (κ2) is 12.3. The SMILES string of the molecule is CCC1(CNC(=NC)NCCCCNc2ccccn2)CCCC1.I. The highest BCUT2D eigenvalue weighted by Crippen LogP contribution is 2.40. The van der Waals surface area contributed by atoms with Crippen LogP contribution in [0.4, 0.5) is 5.82 Å². The second-order valence-corrected chi connectivity index (χ2v) is 6.76. The number of halogens is 1. The molecule has 0 aliphatic heterocycles. The van der Waals surface area contributed by atoms with Gasteiger partial charge >= 0.3 is 0 Å². The van der Waals surface area contributed by atoms with Crippen LogP contribution in [0.3, 0.4) is 0 Å². The molecule has 0 radical (unpaired) electrons. The molecule has 0 bridgehead atoms. The number of pyridine rings is 1. The molecule has 1 aromatic rings. The smallest absolute Gasteiger partial charge is 0.190 e. The first-order valence-corrected chi connectivity index (χ1v) is 9.37. The van der Waals surface area contributed by atoms with Gasteiger partial charge in [0.05, 0.1) is 0 Å². The Hall–Kier alpha value is -1.05. The lowest BCUT2D eigenvalue weighted by atomic mass is 9.83. The number of aromatic nitrogens is 1. The highest BCUT2D eigenvalue weighted by Gasteiger charge is 2.31. The van der Waals surface area contributed by atoms with Gasteiger partial charge in [-0.15, -0.1) is 24.0 Å². The molecule has 0 amide bonds. The van der Waals surface area contributed by atoms with E-state index < -0.39 is 0 Å². The molecule has 1 fully saturated rings. The van der Waals surface area contributed by atoms with Gasteiger partial charge < -0.3 is 16.0 Å². The molecule has 1 heterocycles. The molecule has 25 heavy (non-hydrogen) atoms. The fraction of sp³-hybridized carbons (Fsp3) is 0.684. The van der Waals surface area contributed by atoms with E-state index >= 15 is 0 Å². The van der Waals surface area contributed by atoms with Crippen molar-refractivity contribution in [2.45, 2.75) is 51.9 Å². The lowest BCUT2D eigenvalue weighted by Gasteiger charge is -2.28. The largest absolute Gasteiger partial charge is 0.370 e. The molecule has 1 aliphatic rings. The van der Waals surface area contributed by atoms with E-state index in [2.05, 4.69) is 32.9 Å². The molecule has 6 heteroatoms. The molecule has 0 aromatic carbocycles. The Labute approximate surface area is 169 Å². The Bertz CT molecular complexity index is 486. The van der Waals surface area contributed by atoms with Gasteiger partial charge in [-0.2, -0.15) is 0 Å². The third-order valence-corrected chi connectivity index (χ3v) is 5.14. The van der Waals surface area contributed by atoms with Crippen LogP contribution >= 0.6 is 24.0 Å². The van der Waals surface area contributed by atoms with E-state index in [1.54, 1.807) is 0 Å². The molecule has 1 aliphatic carbocycles. The third kappa shape index (κ3) is 7.79. The highest BCUT2D eigenvalue weighted by molar-refractivity contribution is 14.0. The second-order valence-electron chi connectivity index (χ2n) is 6.76. The maximum Gasteiger partial charge on any atom is 0.190 e. The summed E-state index contributed by atoms with van der Waals surface area (Å²) in [5, 5.41) is 10.3. The van der Waals surface area contributed by atoms with Crippen LogP contribution in [0.25, 0.3) is 0 Å². The lowest BCUT2D eigenvalue weighted by Crippen LogP contribution is -2.43. The average molecular weight is 459 g/mol. The summed E-state index contributed by atoms with van der Waals surface area (Å²) in [6.07, 6.45) is 10.8. The van der Waals surface area contributed by atoms with Crippen molar-refractivity contribution < 1.29 is 0 Å². The number of hydrogen-bond acceptors (Lipinski definition) is 3. The van der Waals surface area contributed by atoms with E-state index in [1.165, 1.54) is 32.1 Å². The van der Waals surface area contributed by atoms with E-state index in [0.29, 0.717) is 5.41 Å². The molecule has 0 atom stereocenters. The van der Waals surface area contributed by atoms with E-state index in [4.69, 9.17) is 0 Å². The molecular weight excluding hydrogens is 425 g/mol. The molecular formula is C19H34IN5. The number of anilines is 1. The maximum atomic E-state index is 4.35. The summed E-state index contributed by atoms with van der Waals surface area (Å²) < 4.78 is 0.